The normalized spacial score (nSPS) is 26.1. The molecular formula is C12H12F5NO6S. The fourth-order valence-corrected chi connectivity index (χ4v) is 3.13. The highest BCUT2D eigenvalue weighted by atomic mass is 32.2. The lowest BCUT2D eigenvalue weighted by atomic mass is 10.0. The molecule has 13 heteroatoms. The zero-order valence-electron chi connectivity index (χ0n) is 12.5. The third-order valence-electron chi connectivity index (χ3n) is 3.68. The van der Waals surface area contributed by atoms with Crippen LogP contribution < -0.4 is 0 Å². The van der Waals surface area contributed by atoms with E-state index in [-0.39, 0.29) is 19.1 Å². The van der Waals surface area contributed by atoms with Gasteiger partial charge in [-0.05, 0) is 19.8 Å². The van der Waals surface area contributed by atoms with E-state index in [0.717, 1.165) is 0 Å². The van der Waals surface area contributed by atoms with Gasteiger partial charge in [-0.15, -0.1) is 0 Å². The van der Waals surface area contributed by atoms with Crippen LogP contribution in [-0.4, -0.2) is 55.3 Å². The van der Waals surface area contributed by atoms with E-state index in [9.17, 15) is 40.0 Å². The van der Waals surface area contributed by atoms with Gasteiger partial charge in [0, 0.05) is 6.08 Å². The molecule has 2 aliphatic rings. The highest BCUT2D eigenvalue weighted by Gasteiger charge is 2.61. The van der Waals surface area contributed by atoms with Crippen molar-refractivity contribution in [1.29, 1.82) is 0 Å². The van der Waals surface area contributed by atoms with Crippen LogP contribution in [0, 0.1) is 0 Å². The van der Waals surface area contributed by atoms with Crippen molar-refractivity contribution < 1.29 is 48.9 Å². The van der Waals surface area contributed by atoms with Gasteiger partial charge in [-0.1, -0.05) is 0 Å². The predicted molar refractivity (Wildman–Crippen MR) is 69.4 cm³/mol. The number of ether oxygens (including phenoxy) is 1. The fraction of sp³-hybridized carbons (Fsp3) is 0.667. The Labute approximate surface area is 138 Å². The van der Waals surface area contributed by atoms with Gasteiger partial charge in [0.15, 0.2) is 5.76 Å². The molecule has 0 aromatic heterocycles. The Bertz CT molecular complexity index is 716. The van der Waals surface area contributed by atoms with E-state index in [2.05, 4.69) is 8.92 Å². The van der Waals surface area contributed by atoms with Crippen molar-refractivity contribution in [2.45, 2.75) is 43.3 Å². The van der Waals surface area contributed by atoms with Crippen molar-refractivity contribution in [3.05, 3.63) is 11.8 Å². The van der Waals surface area contributed by atoms with Crippen molar-refractivity contribution in [1.82, 2.24) is 4.90 Å². The smallest absolute Gasteiger partial charge is 0.464 e. The lowest BCUT2D eigenvalue weighted by molar-refractivity contribution is -0.159. The molecule has 1 amide bonds. The lowest BCUT2D eigenvalue weighted by Crippen LogP contribution is -2.56. The summed E-state index contributed by atoms with van der Waals surface area (Å²) >= 11 is 0. The zero-order valence-corrected chi connectivity index (χ0v) is 13.4. The van der Waals surface area contributed by atoms with Crippen LogP contribution in [0.5, 0.6) is 0 Å². The van der Waals surface area contributed by atoms with Gasteiger partial charge in [0.1, 0.15) is 12.1 Å². The number of halogens is 5. The van der Waals surface area contributed by atoms with Gasteiger partial charge in [-0.3, -0.25) is 4.79 Å². The molecule has 0 aliphatic carbocycles. The first kappa shape index (κ1) is 19.4. The second kappa shape index (κ2) is 6.11. The highest BCUT2D eigenvalue weighted by molar-refractivity contribution is 7.87. The number of esters is 1. The van der Waals surface area contributed by atoms with E-state index in [4.69, 9.17) is 0 Å². The fourth-order valence-electron chi connectivity index (χ4n) is 2.64. The minimum atomic E-state index is -6.37. The lowest BCUT2D eigenvalue weighted by Gasteiger charge is -2.37. The first-order valence-corrected chi connectivity index (χ1v) is 8.33. The van der Waals surface area contributed by atoms with Gasteiger partial charge < -0.3 is 13.8 Å². The standard InChI is InChI=1S/C12H12F5NO6S/c1-2-23-10(20)6-3-4-7-11(13,14)8(5-9(19)18(6)7)24-25(21,22)12(15,16)17/h5-7H,2-4H2,1H3/t6-,7?/m0/s1. The van der Waals surface area contributed by atoms with Crippen LogP contribution in [0.1, 0.15) is 19.8 Å². The number of nitrogens with zero attached hydrogens (tertiary/aromatic N) is 1. The second-order valence-electron chi connectivity index (χ2n) is 5.22. The average molecular weight is 393 g/mol. The predicted octanol–water partition coefficient (Wildman–Crippen LogP) is 1.31. The topological polar surface area (TPSA) is 90.0 Å². The molecule has 2 aliphatic heterocycles. The highest BCUT2D eigenvalue weighted by Crippen LogP contribution is 2.44. The minimum Gasteiger partial charge on any atom is -0.464 e. The molecule has 0 aromatic carbocycles. The van der Waals surface area contributed by atoms with E-state index in [1.54, 1.807) is 0 Å². The van der Waals surface area contributed by atoms with Crippen molar-refractivity contribution in [2.75, 3.05) is 6.61 Å². The summed E-state index contributed by atoms with van der Waals surface area (Å²) in [5, 5.41) is 0. The Morgan fingerprint density at radius 3 is 2.48 bits per heavy atom. The van der Waals surface area contributed by atoms with Gasteiger partial charge in [0.2, 0.25) is 0 Å². The number of fused-ring (bicyclic) bond motifs is 1. The third kappa shape index (κ3) is 3.28. The van der Waals surface area contributed by atoms with Crippen LogP contribution in [0.2, 0.25) is 0 Å². The Balaban J connectivity index is 2.36. The number of rotatable bonds is 4. The molecule has 0 radical (unpaired) electrons. The molecule has 0 N–H and O–H groups in total. The van der Waals surface area contributed by atoms with E-state index >= 15 is 0 Å². The maximum atomic E-state index is 14.4. The molecular weight excluding hydrogens is 381 g/mol. The summed E-state index contributed by atoms with van der Waals surface area (Å²) in [5.74, 6) is -8.36. The summed E-state index contributed by atoms with van der Waals surface area (Å²) < 4.78 is 95.7. The summed E-state index contributed by atoms with van der Waals surface area (Å²) in [6.45, 7) is 1.40. The maximum Gasteiger partial charge on any atom is 0.534 e. The van der Waals surface area contributed by atoms with Crippen LogP contribution in [0.15, 0.2) is 11.8 Å². The number of alkyl halides is 5. The average Bonchev–Trinajstić information content (AvgIpc) is 2.90. The molecule has 0 bridgehead atoms. The molecule has 0 saturated carbocycles. The largest absolute Gasteiger partial charge is 0.534 e. The summed E-state index contributed by atoms with van der Waals surface area (Å²) in [5.41, 5.74) is -5.94. The molecule has 0 spiro atoms. The van der Waals surface area contributed by atoms with Gasteiger partial charge in [-0.2, -0.15) is 30.4 Å². The van der Waals surface area contributed by atoms with Gasteiger partial charge in [-0.25, -0.2) is 4.79 Å². The first-order chi connectivity index (χ1) is 11.3. The van der Waals surface area contributed by atoms with Crippen LogP contribution in [0.3, 0.4) is 0 Å². The van der Waals surface area contributed by atoms with E-state index in [0.29, 0.717) is 4.90 Å². The minimum absolute atomic E-state index is 0.0582. The number of hydrogen-bond donors (Lipinski definition) is 0. The number of carbonyl (C=O) groups excluding carboxylic acids is 2. The number of amides is 1. The molecule has 142 valence electrons. The summed E-state index contributed by atoms with van der Waals surface area (Å²) in [6, 6.07) is -3.35. The Hall–Kier alpha value is -1.92. The SMILES string of the molecule is CCOC(=O)[C@@H]1CCC2N1C(=O)C=C(OS(=O)(=O)C(F)(F)F)C2(F)F. The number of carbonyl (C=O) groups is 2. The number of hydrogen-bond acceptors (Lipinski definition) is 6. The molecule has 1 saturated heterocycles. The van der Waals surface area contributed by atoms with Crippen molar-refractivity contribution in [3.63, 3.8) is 0 Å². The van der Waals surface area contributed by atoms with E-state index in [1.165, 1.54) is 6.92 Å². The van der Waals surface area contributed by atoms with Gasteiger partial charge >= 0.3 is 27.5 Å². The van der Waals surface area contributed by atoms with Gasteiger partial charge in [0.25, 0.3) is 5.91 Å². The molecule has 0 aromatic rings. The molecule has 2 heterocycles. The van der Waals surface area contributed by atoms with E-state index in [1.807, 2.05) is 0 Å². The second-order valence-corrected chi connectivity index (χ2v) is 6.76. The van der Waals surface area contributed by atoms with Crippen molar-refractivity contribution in [3.8, 4) is 0 Å². The molecule has 1 fully saturated rings. The Morgan fingerprint density at radius 1 is 1.36 bits per heavy atom. The molecule has 2 atom stereocenters. The Kier molecular flexibility index (Phi) is 4.74. The molecule has 7 nitrogen and oxygen atoms in total. The third-order valence-corrected chi connectivity index (χ3v) is 4.65. The van der Waals surface area contributed by atoms with E-state index < -0.39 is 57.7 Å². The van der Waals surface area contributed by atoms with Crippen LogP contribution >= 0.6 is 0 Å². The molecule has 1 unspecified atom stereocenters. The summed E-state index contributed by atoms with van der Waals surface area (Å²) in [7, 11) is -6.37. The zero-order chi connectivity index (χ0) is 19.2. The molecule has 2 rings (SSSR count). The maximum absolute atomic E-state index is 14.4. The van der Waals surface area contributed by atoms with Crippen LogP contribution in [-0.2, 0) is 28.6 Å². The monoisotopic (exact) mass is 393 g/mol. The quantitative estimate of drug-likeness (QED) is 0.310. The Morgan fingerprint density at radius 2 is 1.96 bits per heavy atom. The van der Waals surface area contributed by atoms with Crippen LogP contribution in [0.25, 0.3) is 0 Å². The molecule has 25 heavy (non-hydrogen) atoms. The van der Waals surface area contributed by atoms with Crippen LogP contribution in [0.4, 0.5) is 22.0 Å². The van der Waals surface area contributed by atoms with Crippen molar-refractivity contribution >= 4 is 22.0 Å². The summed E-state index contributed by atoms with van der Waals surface area (Å²) in [4.78, 5) is 24.2. The summed E-state index contributed by atoms with van der Waals surface area (Å²) in [6.07, 6.45) is -0.718. The van der Waals surface area contributed by atoms with Gasteiger partial charge in [0.05, 0.1) is 6.61 Å². The van der Waals surface area contributed by atoms with Crippen molar-refractivity contribution in [2.24, 2.45) is 0 Å². The first-order valence-electron chi connectivity index (χ1n) is 6.92.